The minimum Gasteiger partial charge on any atom is -0.349 e. The van der Waals surface area contributed by atoms with Crippen molar-refractivity contribution in [3.05, 3.63) is 9.48 Å². The molecule has 14 heavy (non-hydrogen) atoms. The van der Waals surface area contributed by atoms with Gasteiger partial charge in [-0.3, -0.25) is 0 Å². The molecular formula is C10H17BrN2S. The molecule has 1 aromatic heterocycles. The van der Waals surface area contributed by atoms with Crippen LogP contribution < -0.4 is 4.90 Å². The minimum atomic E-state index is -3.68. The molecule has 0 radical (unpaired) electrons. The van der Waals surface area contributed by atoms with Crippen LogP contribution in [0.3, 0.4) is 0 Å². The molecule has 0 aromatic carbocycles. The lowest BCUT2D eigenvalue weighted by molar-refractivity contribution is 0.855. The van der Waals surface area contributed by atoms with E-state index in [0.717, 1.165) is 0 Å². The summed E-state index contributed by atoms with van der Waals surface area (Å²) in [6.45, 7) is -21.5. The molecule has 0 aliphatic rings. The van der Waals surface area contributed by atoms with E-state index in [1.807, 2.05) is 0 Å². The topological polar surface area (TPSA) is 16.1 Å². The van der Waals surface area contributed by atoms with Crippen molar-refractivity contribution in [2.45, 2.75) is 33.3 Å². The van der Waals surface area contributed by atoms with Crippen molar-refractivity contribution in [1.82, 2.24) is 4.98 Å². The molecule has 0 saturated carbocycles. The monoisotopic (exact) mass is 293 g/mol. The van der Waals surface area contributed by atoms with Gasteiger partial charge in [0.1, 0.15) is 4.60 Å². The second-order valence-corrected chi connectivity index (χ2v) is 3.78. The summed E-state index contributed by atoms with van der Waals surface area (Å²) in [6.07, 6.45) is 0. The van der Waals surface area contributed by atoms with E-state index in [0.29, 0.717) is 0 Å². The van der Waals surface area contributed by atoms with Gasteiger partial charge in [0.2, 0.25) is 0 Å². The van der Waals surface area contributed by atoms with Crippen LogP contribution >= 0.6 is 27.3 Å². The molecule has 0 aliphatic carbocycles. The summed E-state index contributed by atoms with van der Waals surface area (Å²) in [5, 5.41) is -0.978. The van der Waals surface area contributed by atoms with E-state index in [1.54, 1.807) is 0 Å². The molecule has 0 atom stereocenters. The Morgan fingerprint density at radius 3 is 2.93 bits per heavy atom. The largest absolute Gasteiger partial charge is 0.349 e. The molecule has 0 saturated heterocycles. The lowest BCUT2D eigenvalue weighted by atomic mass is 10.2. The standard InChI is InChI=1S/C10H17BrN2S/c1-5-13(6-2)10-12-9(11)8(14-10)7(3)4/h7H,5-6H2,1-4H3/i1D3,2D3,3D3,4D3,5D2,6D2,7D. The highest BCUT2D eigenvalue weighted by atomic mass is 79.9. The highest BCUT2D eigenvalue weighted by molar-refractivity contribution is 9.10. The van der Waals surface area contributed by atoms with E-state index in [2.05, 4.69) is 20.9 Å². The number of halogens is 1. The number of hydrogen-bond donors (Lipinski definition) is 0. The fourth-order valence-corrected chi connectivity index (χ4v) is 2.12. The quantitative estimate of drug-likeness (QED) is 0.838. The van der Waals surface area contributed by atoms with Gasteiger partial charge in [-0.15, -0.1) is 11.3 Å². The Hall–Kier alpha value is -0.0900. The lowest BCUT2D eigenvalue weighted by Gasteiger charge is -2.16. The second kappa shape index (κ2) is 5.12. The van der Waals surface area contributed by atoms with Crippen molar-refractivity contribution in [2.24, 2.45) is 0 Å². The molecule has 0 unspecified atom stereocenters. The van der Waals surface area contributed by atoms with Gasteiger partial charge in [0.25, 0.3) is 0 Å². The average molecular weight is 294 g/mol. The Labute approximate surface area is 122 Å². The highest BCUT2D eigenvalue weighted by Gasteiger charge is 2.14. The van der Waals surface area contributed by atoms with E-state index < -0.39 is 60.9 Å². The molecule has 0 bridgehead atoms. The molecule has 0 fully saturated rings. The van der Waals surface area contributed by atoms with Crippen LogP contribution in [0.5, 0.6) is 0 Å². The third kappa shape index (κ3) is 2.48. The summed E-state index contributed by atoms with van der Waals surface area (Å²) >= 11 is 2.76. The fourth-order valence-electron chi connectivity index (χ4n) is 0.664. The van der Waals surface area contributed by atoms with Crippen molar-refractivity contribution < 1.29 is 23.3 Å². The van der Waals surface area contributed by atoms with Crippen molar-refractivity contribution in [2.75, 3.05) is 17.9 Å². The molecule has 0 amide bonds. The Kier molecular flexibility index (Phi) is 0.888. The Morgan fingerprint density at radius 2 is 2.36 bits per heavy atom. The van der Waals surface area contributed by atoms with Gasteiger partial charge < -0.3 is 4.90 Å². The maximum atomic E-state index is 8.20. The Morgan fingerprint density at radius 1 is 1.64 bits per heavy atom. The third-order valence-corrected chi connectivity index (χ3v) is 3.11. The van der Waals surface area contributed by atoms with Gasteiger partial charge in [0.15, 0.2) is 5.13 Å². The zero-order valence-corrected chi connectivity index (χ0v) is 9.08. The number of thiazole rings is 1. The molecule has 80 valence electrons. The van der Waals surface area contributed by atoms with Crippen LogP contribution in [-0.4, -0.2) is 18.0 Å². The van der Waals surface area contributed by atoms with Crippen molar-refractivity contribution in [1.29, 1.82) is 0 Å². The van der Waals surface area contributed by atoms with Crippen LogP contribution in [0.1, 0.15) is 61.5 Å². The van der Waals surface area contributed by atoms with Gasteiger partial charge in [0.05, 0.1) is 0 Å². The first kappa shape index (κ1) is 2.43. The van der Waals surface area contributed by atoms with Crippen molar-refractivity contribution in [3.8, 4) is 0 Å². The number of rotatable bonds is 4. The van der Waals surface area contributed by atoms with Gasteiger partial charge in [-0.25, -0.2) is 4.98 Å². The summed E-state index contributed by atoms with van der Waals surface area (Å²) in [5.41, 5.74) is 0. The third-order valence-electron chi connectivity index (χ3n) is 1.22. The molecular weight excluding hydrogens is 260 g/mol. The van der Waals surface area contributed by atoms with Crippen LogP contribution in [0.15, 0.2) is 4.60 Å². The summed E-state index contributed by atoms with van der Waals surface area (Å²) in [7, 11) is 0. The SMILES string of the molecule is [2H]C([2H])([2H])C([2H])([2H])N(c1nc(Br)c(C([2H])(C([2H])([2H])[2H])C([2H])([2H])[2H])s1)C([2H])([2H])C([2H])([2H])[2H]. The Balaban J connectivity index is 3.97. The normalized spacial score (nSPS) is 35.4. The number of aromatic nitrogens is 1. The van der Waals surface area contributed by atoms with Gasteiger partial charge >= 0.3 is 0 Å². The van der Waals surface area contributed by atoms with Crippen molar-refractivity contribution >= 4 is 32.4 Å². The average Bonchev–Trinajstić information content (AvgIpc) is 2.82. The van der Waals surface area contributed by atoms with Crippen LogP contribution in [-0.2, 0) is 0 Å². The number of hydrogen-bond acceptors (Lipinski definition) is 3. The van der Waals surface area contributed by atoms with Crippen LogP contribution in [0, 0.1) is 0 Å². The first-order chi connectivity index (χ1) is 13.2. The van der Waals surface area contributed by atoms with Crippen LogP contribution in [0.4, 0.5) is 5.13 Å². The minimum absolute atomic E-state index is 0.00530. The molecule has 0 N–H and O–H groups in total. The van der Waals surface area contributed by atoms with Gasteiger partial charge in [-0.1, -0.05) is 13.7 Å². The lowest BCUT2D eigenvalue weighted by Crippen LogP contribution is -2.21. The summed E-state index contributed by atoms with van der Waals surface area (Å²) in [4.78, 5) is 2.52. The maximum absolute atomic E-state index is 8.20. The van der Waals surface area contributed by atoms with Gasteiger partial charge in [-0.05, 0) is 35.5 Å². The maximum Gasteiger partial charge on any atom is 0.186 e. The fraction of sp³-hybridized carbons (Fsp3) is 0.700. The van der Waals surface area contributed by atoms with E-state index >= 15 is 0 Å². The smallest absolute Gasteiger partial charge is 0.186 e. The van der Waals surface area contributed by atoms with E-state index in [1.165, 1.54) is 0 Å². The van der Waals surface area contributed by atoms with Gasteiger partial charge in [-0.2, -0.15) is 0 Å². The van der Waals surface area contributed by atoms with Crippen molar-refractivity contribution in [3.63, 3.8) is 0 Å². The zero-order chi connectivity index (χ0) is 25.2. The van der Waals surface area contributed by atoms with Gasteiger partial charge in [0, 0.05) is 41.2 Å². The summed E-state index contributed by atoms with van der Waals surface area (Å²) in [6, 6.07) is 0. The van der Waals surface area contributed by atoms with Crippen LogP contribution in [0.25, 0.3) is 0 Å². The summed E-state index contributed by atoms with van der Waals surface area (Å²) < 4.78 is 129. The summed E-state index contributed by atoms with van der Waals surface area (Å²) in [5.74, 6) is -3.32. The molecule has 4 heteroatoms. The highest BCUT2D eigenvalue weighted by Crippen LogP contribution is 2.34. The van der Waals surface area contributed by atoms with E-state index in [4.69, 9.17) is 23.3 Å². The number of nitrogens with zero attached hydrogens (tertiary/aromatic N) is 2. The first-order valence-electron chi connectivity index (χ1n) is 11.7. The van der Waals surface area contributed by atoms with Crippen LogP contribution in [0.2, 0.25) is 0 Å². The predicted octanol–water partition coefficient (Wildman–Crippen LogP) is 3.88. The number of anilines is 1. The predicted molar refractivity (Wildman–Crippen MR) is 67.5 cm³/mol. The second-order valence-electron chi connectivity index (χ2n) is 2.05. The van der Waals surface area contributed by atoms with E-state index in [-0.39, 0.29) is 16.2 Å². The zero-order valence-electron chi connectivity index (χ0n) is 23.7. The molecule has 1 rings (SSSR count). The van der Waals surface area contributed by atoms with E-state index in [9.17, 15) is 0 Å². The molecule has 0 spiro atoms. The Bertz CT molecular complexity index is 760. The molecule has 1 heterocycles. The first-order valence-corrected chi connectivity index (χ1v) is 4.82. The molecule has 0 aliphatic heterocycles. The molecule has 2 nitrogen and oxygen atoms in total. The molecule has 1 aromatic rings.